The Morgan fingerprint density at radius 3 is 1.32 bits per heavy atom. The molecule has 0 aliphatic carbocycles. The minimum atomic E-state index is -4.47. The highest BCUT2D eigenvalue weighted by Crippen LogP contribution is 2.24. The third-order valence-electron chi connectivity index (χ3n) is 3.12. The van der Waals surface area contributed by atoms with Crippen molar-refractivity contribution in [2.75, 3.05) is 11.5 Å². The summed E-state index contributed by atoms with van der Waals surface area (Å²) in [5.74, 6) is 0. The molecular weight excluding hydrogens is 372 g/mol. The van der Waals surface area contributed by atoms with Crippen molar-refractivity contribution < 1.29 is 25.9 Å². The van der Waals surface area contributed by atoms with E-state index in [4.69, 9.17) is 20.6 Å². The Labute approximate surface area is 145 Å². The molecule has 0 amide bonds. The molecule has 0 aliphatic heterocycles. The molecule has 25 heavy (non-hydrogen) atoms. The highest BCUT2D eigenvalue weighted by atomic mass is 32.2. The number of anilines is 2. The highest BCUT2D eigenvalue weighted by molar-refractivity contribution is 7.86. The van der Waals surface area contributed by atoms with E-state index < -0.39 is 30.0 Å². The van der Waals surface area contributed by atoms with Gasteiger partial charge in [0.05, 0.1) is 11.4 Å². The van der Waals surface area contributed by atoms with Crippen molar-refractivity contribution in [2.24, 2.45) is 0 Å². The maximum absolute atomic E-state index is 11.2. The largest absolute Gasteiger partial charge is 0.398 e. The van der Waals surface area contributed by atoms with Gasteiger partial charge in [0.1, 0.15) is 9.79 Å². The van der Waals surface area contributed by atoms with E-state index in [2.05, 4.69) is 0 Å². The molecule has 0 aliphatic rings. The Morgan fingerprint density at radius 1 is 0.720 bits per heavy atom. The summed E-state index contributed by atoms with van der Waals surface area (Å²) in [6, 6.07) is 8.09. The van der Waals surface area contributed by atoms with Gasteiger partial charge < -0.3 is 23.8 Å². The predicted octanol–water partition coefficient (Wildman–Crippen LogP) is 1.26. The average molecular weight is 392 g/mol. The molecule has 2 aromatic carbocycles. The first kappa shape index (κ1) is 22.8. The van der Waals surface area contributed by atoms with Crippen LogP contribution in [0.25, 0.3) is 0 Å². The van der Waals surface area contributed by atoms with Gasteiger partial charge in [0, 0.05) is 0 Å². The number of hydrogen-bond acceptors (Lipinski definition) is 8. The van der Waals surface area contributed by atoms with Crippen molar-refractivity contribution in [1.82, 2.24) is 12.3 Å². The van der Waals surface area contributed by atoms with Crippen LogP contribution < -0.4 is 23.8 Å². The lowest BCUT2D eigenvalue weighted by Crippen LogP contribution is -2.05. The second kappa shape index (κ2) is 7.77. The van der Waals surface area contributed by atoms with Crippen molar-refractivity contribution in [2.45, 2.75) is 16.2 Å². The molecule has 12 heteroatoms. The van der Waals surface area contributed by atoms with Crippen LogP contribution in [-0.4, -0.2) is 25.9 Å². The van der Waals surface area contributed by atoms with Gasteiger partial charge in [0.25, 0.3) is 20.2 Å². The quantitative estimate of drug-likeness (QED) is 0.322. The van der Waals surface area contributed by atoms with Gasteiger partial charge in [-0.3, -0.25) is 9.11 Å². The van der Waals surface area contributed by atoms with Crippen LogP contribution in [-0.2, 0) is 26.7 Å². The van der Waals surface area contributed by atoms with Gasteiger partial charge in [-0.25, -0.2) is 0 Å². The monoisotopic (exact) mass is 392 g/mol. The van der Waals surface area contributed by atoms with Crippen LogP contribution in [0.3, 0.4) is 0 Å². The lowest BCUT2D eigenvalue weighted by atomic mass is 10.0. The molecule has 0 radical (unpaired) electrons. The van der Waals surface area contributed by atoms with E-state index in [9.17, 15) is 16.8 Å². The topological polar surface area (TPSA) is 231 Å². The molecule has 140 valence electrons. The number of nitrogen functional groups attached to an aromatic ring is 2. The zero-order valence-electron chi connectivity index (χ0n) is 13.1. The summed E-state index contributed by atoms with van der Waals surface area (Å²) in [6.45, 7) is 0. The van der Waals surface area contributed by atoms with Crippen LogP contribution in [0.4, 0.5) is 11.4 Å². The van der Waals surface area contributed by atoms with Crippen molar-refractivity contribution in [3.8, 4) is 0 Å². The van der Waals surface area contributed by atoms with Crippen molar-refractivity contribution in [3.05, 3.63) is 47.5 Å². The molecule has 0 spiro atoms. The minimum Gasteiger partial charge on any atom is -0.398 e. The van der Waals surface area contributed by atoms with Gasteiger partial charge in [0.2, 0.25) is 0 Å². The van der Waals surface area contributed by atoms with Gasteiger partial charge in [-0.05, 0) is 41.8 Å². The molecule has 0 atom stereocenters. The Kier molecular flexibility index (Phi) is 7.08. The number of hydrogen-bond donors (Lipinski definition) is 6. The molecule has 2 rings (SSSR count). The summed E-state index contributed by atoms with van der Waals surface area (Å²) in [7, 11) is -8.93. The summed E-state index contributed by atoms with van der Waals surface area (Å²) in [4.78, 5) is -0.860. The molecule has 0 saturated heterocycles. The van der Waals surface area contributed by atoms with Gasteiger partial charge in [0.15, 0.2) is 0 Å². The second-order valence-corrected chi connectivity index (χ2v) is 7.65. The zero-order valence-corrected chi connectivity index (χ0v) is 14.7. The Bertz CT molecular complexity index is 895. The summed E-state index contributed by atoms with van der Waals surface area (Å²) in [5.41, 5.74) is 11.7. The van der Waals surface area contributed by atoms with Crippen molar-refractivity contribution in [3.63, 3.8) is 0 Å². The fourth-order valence-electron chi connectivity index (χ4n) is 2.06. The van der Waals surface area contributed by atoms with Crippen LogP contribution in [0.1, 0.15) is 11.1 Å². The van der Waals surface area contributed by atoms with E-state index in [-0.39, 0.29) is 30.1 Å². The summed E-state index contributed by atoms with van der Waals surface area (Å²) >= 11 is 0. The SMILES string of the molecule is N.N.Nc1ccc(Cc2ccc(N)c(S(=O)(=O)O)c2)cc1S(=O)(=O)O. The number of benzene rings is 2. The zero-order chi connectivity index (χ0) is 17.4. The molecular formula is C13H20N4O6S2. The van der Waals surface area contributed by atoms with Crippen LogP contribution in [0, 0.1) is 0 Å². The van der Waals surface area contributed by atoms with Crippen molar-refractivity contribution >= 4 is 31.6 Å². The second-order valence-electron chi connectivity index (χ2n) is 4.87. The van der Waals surface area contributed by atoms with Gasteiger partial charge >= 0.3 is 0 Å². The first-order valence-corrected chi connectivity index (χ1v) is 9.08. The summed E-state index contributed by atoms with van der Waals surface area (Å²) in [6.07, 6.45) is 0.144. The molecule has 2 aromatic rings. The predicted molar refractivity (Wildman–Crippen MR) is 94.2 cm³/mol. The molecule has 0 aromatic heterocycles. The third-order valence-corrected chi connectivity index (χ3v) is 4.94. The molecule has 0 unspecified atom stereocenters. The Morgan fingerprint density at radius 2 is 1.04 bits per heavy atom. The van der Waals surface area contributed by atoms with Crippen molar-refractivity contribution in [1.29, 1.82) is 0 Å². The fourth-order valence-corrected chi connectivity index (χ4v) is 3.39. The van der Waals surface area contributed by atoms with E-state index in [1.807, 2.05) is 0 Å². The lowest BCUT2D eigenvalue weighted by molar-refractivity contribution is 0.481. The van der Waals surface area contributed by atoms with Crippen LogP contribution in [0.2, 0.25) is 0 Å². The van der Waals surface area contributed by atoms with Crippen LogP contribution in [0.5, 0.6) is 0 Å². The molecule has 0 heterocycles. The maximum atomic E-state index is 11.2. The first-order valence-electron chi connectivity index (χ1n) is 6.20. The van der Waals surface area contributed by atoms with E-state index in [1.54, 1.807) is 0 Å². The van der Waals surface area contributed by atoms with Gasteiger partial charge in [-0.15, -0.1) is 0 Å². The third kappa shape index (κ3) is 5.38. The number of rotatable bonds is 4. The van der Waals surface area contributed by atoms with E-state index in [1.165, 1.54) is 36.4 Å². The Hall–Kier alpha value is -2.22. The van der Waals surface area contributed by atoms with Gasteiger partial charge in [-0.2, -0.15) is 16.8 Å². The van der Waals surface area contributed by atoms with E-state index in [0.29, 0.717) is 11.1 Å². The summed E-state index contributed by atoms with van der Waals surface area (Å²) < 4.78 is 63.2. The first-order chi connectivity index (χ1) is 10.5. The molecule has 0 saturated carbocycles. The summed E-state index contributed by atoms with van der Waals surface area (Å²) in [5, 5.41) is 0. The lowest BCUT2D eigenvalue weighted by Gasteiger charge is -2.09. The smallest absolute Gasteiger partial charge is 0.296 e. The standard InChI is InChI=1S/C13H14N2O6S2.2H3N/c14-10-3-1-8(6-12(10)22(16,17)18)5-9-2-4-11(15)13(7-9)23(19,20)21;;/h1-4,6-7H,5,14-15H2,(H,16,17,18)(H,19,20,21);2*1H3. The highest BCUT2D eigenvalue weighted by Gasteiger charge is 2.17. The maximum Gasteiger partial charge on any atom is 0.296 e. The van der Waals surface area contributed by atoms with Gasteiger partial charge in [-0.1, -0.05) is 12.1 Å². The molecule has 12 N–H and O–H groups in total. The fraction of sp³-hybridized carbons (Fsp3) is 0.0769. The van der Waals surface area contributed by atoms with Crippen LogP contribution in [0.15, 0.2) is 46.2 Å². The normalized spacial score (nSPS) is 11.3. The molecule has 10 nitrogen and oxygen atoms in total. The molecule has 0 bridgehead atoms. The molecule has 0 fully saturated rings. The average Bonchev–Trinajstić information content (AvgIpc) is 2.40. The van der Waals surface area contributed by atoms with E-state index >= 15 is 0 Å². The minimum absolute atomic E-state index is 0. The van der Waals surface area contributed by atoms with E-state index in [0.717, 1.165) is 0 Å². The Balaban J connectivity index is 0.00000288. The van der Waals surface area contributed by atoms with Crippen LogP contribution >= 0.6 is 0 Å². The number of nitrogens with two attached hydrogens (primary N) is 2.